The van der Waals surface area contributed by atoms with E-state index in [9.17, 15) is 9.59 Å². The third-order valence-electron chi connectivity index (χ3n) is 3.78. The van der Waals surface area contributed by atoms with Gasteiger partial charge in [0, 0.05) is 17.6 Å². The zero-order chi connectivity index (χ0) is 18.0. The fourth-order valence-corrected chi connectivity index (χ4v) is 2.82. The lowest BCUT2D eigenvalue weighted by atomic mass is 10.0. The molecule has 0 saturated heterocycles. The van der Waals surface area contributed by atoms with Gasteiger partial charge in [-0.15, -0.1) is 0 Å². The molecule has 0 bridgehead atoms. The Hall–Kier alpha value is -2.85. The first kappa shape index (κ1) is 17.0. The van der Waals surface area contributed by atoms with Crippen molar-refractivity contribution in [3.05, 3.63) is 70.7 Å². The lowest BCUT2D eigenvalue weighted by Crippen LogP contribution is -2.15. The molecular formula is C20H16ClNO3. The molecule has 0 fully saturated rings. The van der Waals surface area contributed by atoms with E-state index in [2.05, 4.69) is 5.32 Å². The fraction of sp³-hybridized carbons (Fsp3) is 0.100. The minimum atomic E-state index is -0.480. The van der Waals surface area contributed by atoms with E-state index in [0.29, 0.717) is 16.3 Å². The Bertz CT molecular complexity index is 982. The number of rotatable bonds is 3. The number of hydrogen-bond donors (Lipinski definition) is 1. The number of ether oxygens (including phenoxy) is 1. The number of esters is 1. The van der Waals surface area contributed by atoms with Gasteiger partial charge in [-0.3, -0.25) is 9.59 Å². The monoisotopic (exact) mass is 353 g/mol. The molecule has 5 heteroatoms. The van der Waals surface area contributed by atoms with Crippen LogP contribution in [0.15, 0.2) is 54.6 Å². The summed E-state index contributed by atoms with van der Waals surface area (Å²) in [7, 11) is 0. The Balaban J connectivity index is 2.02. The number of amides is 1. The smallest absolute Gasteiger partial charge is 0.308 e. The summed E-state index contributed by atoms with van der Waals surface area (Å²) in [5, 5.41) is 5.21. The first-order valence-electron chi connectivity index (χ1n) is 7.73. The summed E-state index contributed by atoms with van der Waals surface area (Å²) in [6.45, 7) is 3.16. The number of aryl methyl sites for hydroxylation is 1. The molecule has 0 atom stereocenters. The number of benzene rings is 3. The Morgan fingerprint density at radius 2 is 1.68 bits per heavy atom. The Kier molecular flexibility index (Phi) is 4.72. The van der Waals surface area contributed by atoms with E-state index in [0.717, 1.165) is 16.3 Å². The van der Waals surface area contributed by atoms with Gasteiger partial charge in [-0.25, -0.2) is 0 Å². The van der Waals surface area contributed by atoms with Crippen LogP contribution in [0.4, 0.5) is 5.69 Å². The predicted octanol–water partition coefficient (Wildman–Crippen LogP) is 4.98. The van der Waals surface area contributed by atoms with Gasteiger partial charge in [-0.05, 0) is 53.6 Å². The standard InChI is InChI=1S/C20H16ClNO3/c1-12-9-16(21)7-8-18(12)22-20(24)17-10-14-5-3-4-6-15(14)11-19(17)25-13(2)23/h3-11H,1-2H3,(H,22,24). The minimum absolute atomic E-state index is 0.232. The summed E-state index contributed by atoms with van der Waals surface area (Å²) in [5.41, 5.74) is 1.79. The molecule has 0 aliphatic carbocycles. The largest absolute Gasteiger partial charge is 0.426 e. The van der Waals surface area contributed by atoms with Crippen LogP contribution in [0, 0.1) is 6.92 Å². The maximum absolute atomic E-state index is 12.8. The lowest BCUT2D eigenvalue weighted by molar-refractivity contribution is -0.131. The number of carbonyl (C=O) groups excluding carboxylic acids is 2. The van der Waals surface area contributed by atoms with Crippen LogP contribution in [0.2, 0.25) is 5.02 Å². The van der Waals surface area contributed by atoms with E-state index >= 15 is 0 Å². The van der Waals surface area contributed by atoms with E-state index in [1.165, 1.54) is 6.92 Å². The minimum Gasteiger partial charge on any atom is -0.426 e. The Labute approximate surface area is 150 Å². The highest BCUT2D eigenvalue weighted by Gasteiger charge is 2.16. The van der Waals surface area contributed by atoms with Gasteiger partial charge in [0.25, 0.3) is 5.91 Å². The van der Waals surface area contributed by atoms with Gasteiger partial charge >= 0.3 is 5.97 Å². The number of nitrogens with one attached hydrogen (secondary N) is 1. The molecule has 0 unspecified atom stereocenters. The number of carbonyl (C=O) groups is 2. The molecule has 3 rings (SSSR count). The van der Waals surface area contributed by atoms with Gasteiger partial charge in [0.2, 0.25) is 0 Å². The average molecular weight is 354 g/mol. The van der Waals surface area contributed by atoms with Gasteiger partial charge in [0.1, 0.15) is 5.75 Å². The van der Waals surface area contributed by atoms with E-state index in [1.54, 1.807) is 30.3 Å². The second kappa shape index (κ2) is 6.95. The van der Waals surface area contributed by atoms with Gasteiger partial charge in [-0.2, -0.15) is 0 Å². The van der Waals surface area contributed by atoms with Gasteiger partial charge < -0.3 is 10.1 Å². The third kappa shape index (κ3) is 3.80. The summed E-state index contributed by atoms with van der Waals surface area (Å²) >= 11 is 5.95. The summed E-state index contributed by atoms with van der Waals surface area (Å²) in [6, 6.07) is 16.2. The van der Waals surface area contributed by atoms with Gasteiger partial charge in [0.15, 0.2) is 0 Å². The highest BCUT2D eigenvalue weighted by Crippen LogP contribution is 2.28. The molecule has 0 spiro atoms. The second-order valence-corrected chi connectivity index (χ2v) is 6.14. The fourth-order valence-electron chi connectivity index (χ4n) is 2.59. The number of fused-ring (bicyclic) bond motifs is 1. The Morgan fingerprint density at radius 1 is 1.00 bits per heavy atom. The summed E-state index contributed by atoms with van der Waals surface area (Å²) in [4.78, 5) is 24.2. The first-order chi connectivity index (χ1) is 11.9. The van der Waals surface area contributed by atoms with Crippen LogP contribution in [0.5, 0.6) is 5.75 Å². The molecule has 0 saturated carbocycles. The van der Waals surface area contributed by atoms with Crippen molar-refractivity contribution in [3.63, 3.8) is 0 Å². The molecule has 0 heterocycles. The van der Waals surface area contributed by atoms with E-state index in [-0.39, 0.29) is 11.7 Å². The number of hydrogen-bond acceptors (Lipinski definition) is 3. The van der Waals surface area contributed by atoms with Crippen molar-refractivity contribution in [2.45, 2.75) is 13.8 Å². The van der Waals surface area contributed by atoms with Crippen LogP contribution < -0.4 is 10.1 Å². The molecule has 0 aliphatic heterocycles. The summed E-state index contributed by atoms with van der Waals surface area (Å²) in [5.74, 6) is -0.602. The van der Waals surface area contributed by atoms with Crippen LogP contribution in [0.25, 0.3) is 10.8 Å². The zero-order valence-electron chi connectivity index (χ0n) is 13.8. The molecule has 25 heavy (non-hydrogen) atoms. The molecular weight excluding hydrogens is 338 g/mol. The molecule has 3 aromatic carbocycles. The topological polar surface area (TPSA) is 55.4 Å². The highest BCUT2D eigenvalue weighted by molar-refractivity contribution is 6.30. The van der Waals surface area contributed by atoms with E-state index in [1.807, 2.05) is 31.2 Å². The molecule has 0 aromatic heterocycles. The van der Waals surface area contributed by atoms with Crippen molar-refractivity contribution >= 4 is 39.9 Å². The highest BCUT2D eigenvalue weighted by atomic mass is 35.5. The van der Waals surface area contributed by atoms with Crippen LogP contribution in [0.3, 0.4) is 0 Å². The number of halogens is 1. The second-order valence-electron chi connectivity index (χ2n) is 5.70. The molecule has 1 amide bonds. The van der Waals surface area contributed by atoms with E-state index in [4.69, 9.17) is 16.3 Å². The van der Waals surface area contributed by atoms with Crippen LogP contribution in [-0.2, 0) is 4.79 Å². The molecule has 0 aliphatic rings. The van der Waals surface area contributed by atoms with Crippen molar-refractivity contribution in [2.24, 2.45) is 0 Å². The Morgan fingerprint density at radius 3 is 2.32 bits per heavy atom. The first-order valence-corrected chi connectivity index (χ1v) is 8.10. The zero-order valence-corrected chi connectivity index (χ0v) is 14.6. The molecule has 1 N–H and O–H groups in total. The van der Waals surface area contributed by atoms with Crippen molar-refractivity contribution in [1.82, 2.24) is 0 Å². The van der Waals surface area contributed by atoms with E-state index < -0.39 is 5.97 Å². The van der Waals surface area contributed by atoms with Crippen LogP contribution in [0.1, 0.15) is 22.8 Å². The third-order valence-corrected chi connectivity index (χ3v) is 4.02. The quantitative estimate of drug-likeness (QED) is 0.533. The van der Waals surface area contributed by atoms with Crippen molar-refractivity contribution in [2.75, 3.05) is 5.32 Å². The maximum atomic E-state index is 12.8. The van der Waals surface area contributed by atoms with Gasteiger partial charge in [-0.1, -0.05) is 35.9 Å². The molecule has 4 nitrogen and oxygen atoms in total. The van der Waals surface area contributed by atoms with Crippen LogP contribution in [-0.4, -0.2) is 11.9 Å². The number of anilines is 1. The molecule has 3 aromatic rings. The maximum Gasteiger partial charge on any atom is 0.308 e. The van der Waals surface area contributed by atoms with Crippen molar-refractivity contribution in [1.29, 1.82) is 0 Å². The normalized spacial score (nSPS) is 10.5. The molecule has 0 radical (unpaired) electrons. The van der Waals surface area contributed by atoms with Gasteiger partial charge in [0.05, 0.1) is 5.56 Å². The average Bonchev–Trinajstić information content (AvgIpc) is 2.56. The van der Waals surface area contributed by atoms with Crippen molar-refractivity contribution in [3.8, 4) is 5.75 Å². The van der Waals surface area contributed by atoms with Crippen LogP contribution >= 0.6 is 11.6 Å². The lowest BCUT2D eigenvalue weighted by Gasteiger charge is -2.13. The summed E-state index contributed by atoms with van der Waals surface area (Å²) in [6.07, 6.45) is 0. The van der Waals surface area contributed by atoms with Crippen molar-refractivity contribution < 1.29 is 14.3 Å². The predicted molar refractivity (Wildman–Crippen MR) is 99.4 cm³/mol. The molecule has 126 valence electrons. The SMILES string of the molecule is CC(=O)Oc1cc2ccccc2cc1C(=O)Nc1ccc(Cl)cc1C. The summed E-state index contributed by atoms with van der Waals surface area (Å²) < 4.78 is 5.24.